The summed E-state index contributed by atoms with van der Waals surface area (Å²) >= 11 is 0. The third-order valence-electron chi connectivity index (χ3n) is 2.37. The van der Waals surface area contributed by atoms with Gasteiger partial charge in [-0.05, 0) is 20.8 Å². The molecule has 0 aliphatic carbocycles. The van der Waals surface area contributed by atoms with Crippen LogP contribution in [0.15, 0.2) is 6.20 Å². The summed E-state index contributed by atoms with van der Waals surface area (Å²) in [5, 5.41) is 3.28. The minimum absolute atomic E-state index is 0.410. The Kier molecular flexibility index (Phi) is 6.00. The Hall–Kier alpha value is -1.07. The number of hydrogen-bond acceptors (Lipinski definition) is 4. The van der Waals surface area contributed by atoms with Crippen LogP contribution in [0.3, 0.4) is 0 Å². The Morgan fingerprint density at radius 1 is 1.35 bits per heavy atom. The molecule has 17 heavy (non-hydrogen) atoms. The summed E-state index contributed by atoms with van der Waals surface area (Å²) in [6, 6.07) is 0.410. The first kappa shape index (κ1) is 14.0. The van der Waals surface area contributed by atoms with Crippen LogP contribution < -0.4 is 5.32 Å². The summed E-state index contributed by atoms with van der Waals surface area (Å²) in [5.74, 6) is 0.910. The zero-order valence-electron chi connectivity index (χ0n) is 11.2. The number of ether oxygens (including phenoxy) is 2. The standard InChI is InChI=1S/C12H23N3O2/c1-10(2)15-9-11(3)14-12(15)13-5-6-17-8-7-16-4/h9-10H,5-8H2,1-4H3,(H,13,14). The Morgan fingerprint density at radius 3 is 2.76 bits per heavy atom. The second-order valence-electron chi connectivity index (χ2n) is 4.24. The van der Waals surface area contributed by atoms with Gasteiger partial charge in [-0.25, -0.2) is 4.98 Å². The molecule has 0 unspecified atom stereocenters. The Morgan fingerprint density at radius 2 is 2.12 bits per heavy atom. The van der Waals surface area contributed by atoms with Gasteiger partial charge in [-0.15, -0.1) is 0 Å². The summed E-state index contributed by atoms with van der Waals surface area (Å²) in [6.45, 7) is 8.97. The van der Waals surface area contributed by atoms with Crippen LogP contribution in [0.4, 0.5) is 5.95 Å². The molecular formula is C12H23N3O2. The van der Waals surface area contributed by atoms with Crippen LogP contribution in [0.5, 0.6) is 0 Å². The van der Waals surface area contributed by atoms with E-state index in [0.717, 1.165) is 18.2 Å². The number of hydrogen-bond donors (Lipinski definition) is 1. The van der Waals surface area contributed by atoms with E-state index in [4.69, 9.17) is 9.47 Å². The van der Waals surface area contributed by atoms with Crippen molar-refractivity contribution in [2.45, 2.75) is 26.8 Å². The Labute approximate surface area is 103 Å². The molecular weight excluding hydrogens is 218 g/mol. The van der Waals surface area contributed by atoms with E-state index < -0.39 is 0 Å². The minimum Gasteiger partial charge on any atom is -0.382 e. The van der Waals surface area contributed by atoms with Crippen molar-refractivity contribution in [3.63, 3.8) is 0 Å². The molecule has 0 spiro atoms. The van der Waals surface area contributed by atoms with Crippen molar-refractivity contribution >= 4 is 5.95 Å². The topological polar surface area (TPSA) is 48.3 Å². The number of methoxy groups -OCH3 is 1. The molecule has 0 aliphatic heterocycles. The molecule has 1 rings (SSSR count). The fraction of sp³-hybridized carbons (Fsp3) is 0.750. The van der Waals surface area contributed by atoms with Crippen molar-refractivity contribution < 1.29 is 9.47 Å². The molecule has 5 heteroatoms. The lowest BCUT2D eigenvalue weighted by atomic mass is 10.4. The maximum Gasteiger partial charge on any atom is 0.203 e. The molecule has 5 nitrogen and oxygen atoms in total. The lowest BCUT2D eigenvalue weighted by Crippen LogP contribution is -2.15. The summed E-state index contributed by atoms with van der Waals surface area (Å²) in [6.07, 6.45) is 2.05. The van der Waals surface area contributed by atoms with E-state index in [2.05, 4.69) is 34.9 Å². The van der Waals surface area contributed by atoms with E-state index in [1.54, 1.807) is 7.11 Å². The summed E-state index contributed by atoms with van der Waals surface area (Å²) < 4.78 is 12.4. The SMILES string of the molecule is COCCOCCNc1nc(C)cn1C(C)C. The van der Waals surface area contributed by atoms with Crippen LogP contribution in [-0.4, -0.2) is 43.0 Å². The fourth-order valence-corrected chi connectivity index (χ4v) is 1.52. The number of imidazole rings is 1. The lowest BCUT2D eigenvalue weighted by Gasteiger charge is -2.12. The molecule has 98 valence electrons. The van der Waals surface area contributed by atoms with Gasteiger partial charge >= 0.3 is 0 Å². The van der Waals surface area contributed by atoms with E-state index in [1.807, 2.05) is 6.92 Å². The van der Waals surface area contributed by atoms with Crippen LogP contribution in [-0.2, 0) is 9.47 Å². The second-order valence-corrected chi connectivity index (χ2v) is 4.24. The highest BCUT2D eigenvalue weighted by Gasteiger charge is 2.07. The van der Waals surface area contributed by atoms with Gasteiger partial charge in [-0.1, -0.05) is 0 Å². The zero-order chi connectivity index (χ0) is 12.7. The van der Waals surface area contributed by atoms with Crippen molar-refractivity contribution in [3.05, 3.63) is 11.9 Å². The van der Waals surface area contributed by atoms with Gasteiger partial charge in [0, 0.05) is 25.9 Å². The quantitative estimate of drug-likeness (QED) is 0.706. The van der Waals surface area contributed by atoms with Crippen molar-refractivity contribution in [3.8, 4) is 0 Å². The van der Waals surface area contributed by atoms with Gasteiger partial charge in [-0.3, -0.25) is 0 Å². The van der Waals surface area contributed by atoms with Crippen molar-refractivity contribution in [1.82, 2.24) is 9.55 Å². The average molecular weight is 241 g/mol. The molecule has 1 aromatic heterocycles. The van der Waals surface area contributed by atoms with E-state index in [0.29, 0.717) is 25.9 Å². The van der Waals surface area contributed by atoms with E-state index in [9.17, 15) is 0 Å². The lowest BCUT2D eigenvalue weighted by molar-refractivity contribution is 0.0758. The maximum absolute atomic E-state index is 5.38. The molecule has 1 aromatic rings. The molecule has 0 bridgehead atoms. The van der Waals surface area contributed by atoms with Crippen molar-refractivity contribution in [2.24, 2.45) is 0 Å². The molecule has 0 saturated carbocycles. The van der Waals surface area contributed by atoms with Gasteiger partial charge in [0.15, 0.2) is 0 Å². The van der Waals surface area contributed by atoms with Crippen molar-refractivity contribution in [1.29, 1.82) is 0 Å². The van der Waals surface area contributed by atoms with E-state index >= 15 is 0 Å². The predicted molar refractivity (Wildman–Crippen MR) is 68.5 cm³/mol. The average Bonchev–Trinajstić information content (AvgIpc) is 2.65. The Bertz CT molecular complexity index is 324. The minimum atomic E-state index is 0.410. The predicted octanol–water partition coefficient (Wildman–Crippen LogP) is 1.85. The van der Waals surface area contributed by atoms with E-state index in [1.165, 1.54) is 0 Å². The van der Waals surface area contributed by atoms with Crippen LogP contribution in [0, 0.1) is 6.92 Å². The number of nitrogens with zero attached hydrogens (tertiary/aromatic N) is 2. The smallest absolute Gasteiger partial charge is 0.203 e. The normalized spacial score (nSPS) is 11.1. The molecule has 0 aromatic carbocycles. The Balaban J connectivity index is 2.31. The molecule has 0 saturated heterocycles. The number of aromatic nitrogens is 2. The van der Waals surface area contributed by atoms with Gasteiger partial charge in [0.25, 0.3) is 0 Å². The van der Waals surface area contributed by atoms with Gasteiger partial charge in [0.2, 0.25) is 5.95 Å². The van der Waals surface area contributed by atoms with Gasteiger partial charge in [0.1, 0.15) is 0 Å². The maximum atomic E-state index is 5.38. The molecule has 0 atom stereocenters. The first-order valence-electron chi connectivity index (χ1n) is 6.01. The molecule has 0 fully saturated rings. The summed E-state index contributed by atoms with van der Waals surface area (Å²) in [5.41, 5.74) is 1.03. The van der Waals surface area contributed by atoms with Crippen molar-refractivity contribution in [2.75, 3.05) is 38.8 Å². The third-order valence-corrected chi connectivity index (χ3v) is 2.37. The summed E-state index contributed by atoms with van der Waals surface area (Å²) in [4.78, 5) is 4.44. The van der Waals surface area contributed by atoms with E-state index in [-0.39, 0.29) is 0 Å². The van der Waals surface area contributed by atoms with Gasteiger partial charge in [-0.2, -0.15) is 0 Å². The molecule has 1 N–H and O–H groups in total. The largest absolute Gasteiger partial charge is 0.382 e. The number of nitrogens with one attached hydrogen (secondary N) is 1. The molecule has 0 aliphatic rings. The van der Waals surface area contributed by atoms with Gasteiger partial charge < -0.3 is 19.4 Å². The first-order chi connectivity index (χ1) is 8.15. The second kappa shape index (κ2) is 7.29. The number of anilines is 1. The van der Waals surface area contributed by atoms with Crippen LogP contribution in [0.25, 0.3) is 0 Å². The highest BCUT2D eigenvalue weighted by Crippen LogP contribution is 2.14. The fourth-order valence-electron chi connectivity index (χ4n) is 1.52. The highest BCUT2D eigenvalue weighted by atomic mass is 16.5. The van der Waals surface area contributed by atoms with Gasteiger partial charge in [0.05, 0.1) is 25.5 Å². The number of aryl methyl sites for hydroxylation is 1. The monoisotopic (exact) mass is 241 g/mol. The molecule has 1 heterocycles. The van der Waals surface area contributed by atoms with Crippen LogP contribution in [0.2, 0.25) is 0 Å². The van der Waals surface area contributed by atoms with Crippen LogP contribution >= 0.6 is 0 Å². The number of rotatable bonds is 8. The first-order valence-corrected chi connectivity index (χ1v) is 6.01. The summed E-state index contributed by atoms with van der Waals surface area (Å²) in [7, 11) is 1.67. The van der Waals surface area contributed by atoms with Crippen LogP contribution in [0.1, 0.15) is 25.6 Å². The molecule has 0 radical (unpaired) electrons. The third kappa shape index (κ3) is 4.75. The zero-order valence-corrected chi connectivity index (χ0v) is 11.2. The molecule has 0 amide bonds. The highest BCUT2D eigenvalue weighted by molar-refractivity contribution is 5.29.